The molecule has 0 unspecified atom stereocenters. The van der Waals surface area contributed by atoms with Crippen LogP contribution in [0.15, 0.2) is 38.6 Å². The van der Waals surface area contributed by atoms with Crippen LogP contribution in [0.5, 0.6) is 0 Å². The summed E-state index contributed by atoms with van der Waals surface area (Å²) in [5, 5.41) is 4.52. The number of fused-ring (bicyclic) bond motifs is 1. The molecule has 1 heterocycles. The van der Waals surface area contributed by atoms with Crippen LogP contribution >= 0.6 is 0 Å². The summed E-state index contributed by atoms with van der Waals surface area (Å²) in [7, 11) is 0. The van der Waals surface area contributed by atoms with Crippen LogP contribution in [0.2, 0.25) is 0 Å². The molecule has 0 N–H and O–H groups in total. The van der Waals surface area contributed by atoms with Gasteiger partial charge in [0.25, 0.3) is 0 Å². The van der Waals surface area contributed by atoms with Crippen molar-refractivity contribution in [3.8, 4) is 0 Å². The van der Waals surface area contributed by atoms with Crippen molar-refractivity contribution in [2.24, 2.45) is 5.16 Å². The number of carbonyl (C=O) groups is 1. The number of benzene rings is 1. The van der Waals surface area contributed by atoms with Crippen molar-refractivity contribution in [3.63, 3.8) is 0 Å². The number of rotatable bonds is 3. The smallest absolute Gasteiger partial charge is 0.345 e. The third-order valence-corrected chi connectivity index (χ3v) is 2.82. The molecule has 0 saturated heterocycles. The van der Waals surface area contributed by atoms with Gasteiger partial charge in [0.1, 0.15) is 5.58 Å². The zero-order chi connectivity index (χ0) is 14.7. The second-order valence-electron chi connectivity index (χ2n) is 4.46. The summed E-state index contributed by atoms with van der Waals surface area (Å²) in [5.74, 6) is -0.531. The molecule has 0 aliphatic carbocycles. The highest BCUT2D eigenvalue weighted by molar-refractivity contribution is 6.01. The van der Waals surface area contributed by atoms with Crippen molar-refractivity contribution in [3.05, 3.63) is 45.8 Å². The molecular formula is C15H15NO4. The summed E-state index contributed by atoms with van der Waals surface area (Å²) in [6, 6.07) is 7.25. The van der Waals surface area contributed by atoms with E-state index in [-0.39, 0.29) is 0 Å². The van der Waals surface area contributed by atoms with Gasteiger partial charge in [-0.25, -0.2) is 9.59 Å². The molecule has 0 bridgehead atoms. The molecule has 0 aliphatic rings. The average Bonchev–Trinajstić information content (AvgIpc) is 2.40. The van der Waals surface area contributed by atoms with Gasteiger partial charge in [-0.1, -0.05) is 23.7 Å². The lowest BCUT2D eigenvalue weighted by Crippen LogP contribution is -2.15. The summed E-state index contributed by atoms with van der Waals surface area (Å²) in [6.07, 6.45) is 0.454. The van der Waals surface area contributed by atoms with E-state index in [1.165, 1.54) is 6.92 Å². The third kappa shape index (κ3) is 2.93. The van der Waals surface area contributed by atoms with Crippen molar-refractivity contribution < 1.29 is 14.0 Å². The molecule has 0 spiro atoms. The fraction of sp³-hybridized carbons (Fsp3) is 0.267. The number of oxime groups is 1. The standard InChI is InChI=1S/C15H15NO4/c1-4-13(16-20-10(3)17)12-8-11-7-9(2)5-6-14(11)19-15(12)18/h5-8H,4H2,1-3H3. The third-order valence-electron chi connectivity index (χ3n) is 2.82. The van der Waals surface area contributed by atoms with Gasteiger partial charge < -0.3 is 9.25 Å². The molecule has 0 atom stereocenters. The first-order valence-electron chi connectivity index (χ1n) is 6.30. The van der Waals surface area contributed by atoms with Gasteiger partial charge in [0.05, 0.1) is 11.3 Å². The molecule has 5 nitrogen and oxygen atoms in total. The minimum Gasteiger partial charge on any atom is -0.422 e. The van der Waals surface area contributed by atoms with E-state index in [9.17, 15) is 9.59 Å². The molecule has 104 valence electrons. The molecule has 1 aromatic carbocycles. The Balaban J connectivity index is 2.57. The second-order valence-corrected chi connectivity index (χ2v) is 4.46. The molecule has 20 heavy (non-hydrogen) atoms. The van der Waals surface area contributed by atoms with Crippen molar-refractivity contribution in [2.45, 2.75) is 27.2 Å². The Morgan fingerprint density at radius 3 is 2.75 bits per heavy atom. The molecular weight excluding hydrogens is 258 g/mol. The maximum atomic E-state index is 12.0. The topological polar surface area (TPSA) is 68.9 Å². The number of aryl methyl sites for hydroxylation is 1. The Kier molecular flexibility index (Phi) is 3.98. The van der Waals surface area contributed by atoms with Crippen LogP contribution in [0.3, 0.4) is 0 Å². The average molecular weight is 273 g/mol. The van der Waals surface area contributed by atoms with E-state index in [1.54, 1.807) is 12.1 Å². The van der Waals surface area contributed by atoms with Gasteiger partial charge >= 0.3 is 11.6 Å². The SMILES string of the molecule is CCC(=NOC(C)=O)c1cc2cc(C)ccc2oc1=O. The Bertz CT molecular complexity index is 743. The van der Waals surface area contributed by atoms with Gasteiger partial charge in [-0.05, 0) is 31.5 Å². The molecule has 1 aromatic heterocycles. The van der Waals surface area contributed by atoms with Crippen molar-refractivity contribution in [2.75, 3.05) is 0 Å². The predicted molar refractivity (Wildman–Crippen MR) is 75.8 cm³/mol. The summed E-state index contributed by atoms with van der Waals surface area (Å²) in [6.45, 7) is 5.03. The summed E-state index contributed by atoms with van der Waals surface area (Å²) in [5.41, 5.74) is 1.79. The molecule has 0 fully saturated rings. The first kappa shape index (κ1) is 14.0. The normalized spacial score (nSPS) is 11.7. The van der Waals surface area contributed by atoms with Crippen LogP contribution in [0.25, 0.3) is 11.0 Å². The highest BCUT2D eigenvalue weighted by Gasteiger charge is 2.11. The van der Waals surface area contributed by atoms with E-state index in [1.807, 2.05) is 26.0 Å². The van der Waals surface area contributed by atoms with Gasteiger partial charge in [0.15, 0.2) is 0 Å². The van der Waals surface area contributed by atoms with E-state index in [4.69, 9.17) is 4.42 Å². The number of carbonyl (C=O) groups excluding carboxylic acids is 1. The van der Waals surface area contributed by atoms with Crippen molar-refractivity contribution in [1.29, 1.82) is 0 Å². The molecule has 0 saturated carbocycles. The quantitative estimate of drug-likeness (QED) is 0.373. The number of hydrogen-bond donors (Lipinski definition) is 0. The lowest BCUT2D eigenvalue weighted by atomic mass is 10.1. The highest BCUT2D eigenvalue weighted by Crippen LogP contribution is 2.16. The first-order valence-corrected chi connectivity index (χ1v) is 6.30. The van der Waals surface area contributed by atoms with Gasteiger partial charge in [-0.2, -0.15) is 0 Å². The van der Waals surface area contributed by atoms with Gasteiger partial charge in [-0.15, -0.1) is 0 Å². The highest BCUT2D eigenvalue weighted by atomic mass is 16.7. The molecule has 0 radical (unpaired) electrons. The largest absolute Gasteiger partial charge is 0.422 e. The van der Waals surface area contributed by atoms with Crippen molar-refractivity contribution in [1.82, 2.24) is 0 Å². The Morgan fingerprint density at radius 1 is 1.35 bits per heavy atom. The molecule has 2 aromatic rings. The van der Waals surface area contributed by atoms with Gasteiger partial charge in [0, 0.05) is 12.3 Å². The van der Waals surface area contributed by atoms with Crippen LogP contribution in [-0.4, -0.2) is 11.7 Å². The van der Waals surface area contributed by atoms with Crippen LogP contribution in [0.4, 0.5) is 0 Å². The summed E-state index contributed by atoms with van der Waals surface area (Å²) >= 11 is 0. The Labute approximate surface area is 115 Å². The Hall–Kier alpha value is -2.43. The van der Waals surface area contributed by atoms with Crippen LogP contribution < -0.4 is 5.63 Å². The minimum absolute atomic E-state index is 0.312. The van der Waals surface area contributed by atoms with Crippen molar-refractivity contribution >= 4 is 22.7 Å². The van der Waals surface area contributed by atoms with Crippen LogP contribution in [0.1, 0.15) is 31.4 Å². The second kappa shape index (κ2) is 5.69. The lowest BCUT2D eigenvalue weighted by Gasteiger charge is -2.04. The predicted octanol–water partition coefficient (Wildman–Crippen LogP) is 2.78. The zero-order valence-electron chi connectivity index (χ0n) is 11.6. The molecule has 2 rings (SSSR count). The van der Waals surface area contributed by atoms with E-state index in [2.05, 4.69) is 9.99 Å². The van der Waals surface area contributed by atoms with Gasteiger partial charge in [0.2, 0.25) is 0 Å². The summed E-state index contributed by atoms with van der Waals surface area (Å²) in [4.78, 5) is 27.4. The summed E-state index contributed by atoms with van der Waals surface area (Å²) < 4.78 is 5.26. The van der Waals surface area contributed by atoms with E-state index < -0.39 is 11.6 Å². The van der Waals surface area contributed by atoms with E-state index >= 15 is 0 Å². The Morgan fingerprint density at radius 2 is 2.10 bits per heavy atom. The van der Waals surface area contributed by atoms with E-state index in [0.29, 0.717) is 23.3 Å². The zero-order valence-corrected chi connectivity index (χ0v) is 11.6. The van der Waals surface area contributed by atoms with E-state index in [0.717, 1.165) is 10.9 Å². The maximum absolute atomic E-state index is 12.0. The maximum Gasteiger partial charge on any atom is 0.345 e. The molecule has 5 heteroatoms. The lowest BCUT2D eigenvalue weighted by molar-refractivity contribution is -0.140. The molecule has 0 aliphatic heterocycles. The first-order chi connectivity index (χ1) is 9.51. The van der Waals surface area contributed by atoms with Gasteiger partial charge in [-0.3, -0.25) is 0 Å². The molecule has 0 amide bonds. The van der Waals surface area contributed by atoms with Crippen LogP contribution in [0, 0.1) is 6.92 Å². The fourth-order valence-electron chi connectivity index (χ4n) is 1.87. The van der Waals surface area contributed by atoms with Crippen LogP contribution in [-0.2, 0) is 9.63 Å². The fourth-order valence-corrected chi connectivity index (χ4v) is 1.87. The monoisotopic (exact) mass is 273 g/mol. The minimum atomic E-state index is -0.531. The number of hydrogen-bond acceptors (Lipinski definition) is 5. The number of nitrogens with zero attached hydrogens (tertiary/aromatic N) is 1.